The lowest BCUT2D eigenvalue weighted by Crippen LogP contribution is -2.45. The van der Waals surface area contributed by atoms with Crippen molar-refractivity contribution in [1.82, 2.24) is 14.8 Å². The molecule has 1 N–H and O–H groups in total. The Morgan fingerprint density at radius 2 is 1.90 bits per heavy atom. The zero-order valence-corrected chi connectivity index (χ0v) is 11.4. The maximum atomic E-state index is 12.5. The smallest absolute Gasteiger partial charge is 0.347 e. The standard InChI is InChI=1S/C12H14F3N3O3/c1-17(2)10(20)6-18(7-12(13,14)15)11(21)8-3-4-16-9(19)5-8/h3-5H,6-7H2,1-2H3,(H,16,19). The van der Waals surface area contributed by atoms with E-state index in [9.17, 15) is 27.6 Å². The monoisotopic (exact) mass is 305 g/mol. The van der Waals surface area contributed by atoms with E-state index in [1.165, 1.54) is 20.2 Å². The second kappa shape index (κ2) is 6.42. The SMILES string of the molecule is CN(C)C(=O)CN(CC(F)(F)F)C(=O)c1cc[nH]c(=O)c1. The molecule has 2 amide bonds. The van der Waals surface area contributed by atoms with Crippen molar-refractivity contribution in [1.29, 1.82) is 0 Å². The van der Waals surface area contributed by atoms with Crippen LogP contribution in [0.15, 0.2) is 23.1 Å². The molecule has 0 spiro atoms. The van der Waals surface area contributed by atoms with Crippen molar-refractivity contribution in [3.63, 3.8) is 0 Å². The average Bonchev–Trinajstić information content (AvgIpc) is 2.35. The quantitative estimate of drug-likeness (QED) is 0.878. The fourth-order valence-electron chi connectivity index (χ4n) is 1.48. The highest BCUT2D eigenvalue weighted by molar-refractivity contribution is 5.96. The van der Waals surface area contributed by atoms with Crippen LogP contribution in [-0.2, 0) is 4.79 Å². The number of amides is 2. The van der Waals surface area contributed by atoms with Gasteiger partial charge in [0, 0.05) is 31.9 Å². The third-order valence-electron chi connectivity index (χ3n) is 2.50. The van der Waals surface area contributed by atoms with Crippen LogP contribution in [0.25, 0.3) is 0 Å². The lowest BCUT2D eigenvalue weighted by molar-refractivity contribution is -0.146. The lowest BCUT2D eigenvalue weighted by atomic mass is 10.2. The van der Waals surface area contributed by atoms with Gasteiger partial charge in [-0.1, -0.05) is 0 Å². The number of nitrogens with zero attached hydrogens (tertiary/aromatic N) is 2. The van der Waals surface area contributed by atoms with Gasteiger partial charge in [0.05, 0.1) is 0 Å². The Morgan fingerprint density at radius 3 is 2.38 bits per heavy atom. The highest BCUT2D eigenvalue weighted by Gasteiger charge is 2.34. The molecule has 1 aromatic heterocycles. The molecule has 0 saturated heterocycles. The molecule has 0 saturated carbocycles. The Balaban J connectivity index is 3.02. The molecule has 1 heterocycles. The molecule has 0 aromatic carbocycles. The number of aromatic nitrogens is 1. The first kappa shape index (κ1) is 16.7. The molecule has 0 atom stereocenters. The molecule has 21 heavy (non-hydrogen) atoms. The minimum Gasteiger partial charge on any atom is -0.347 e. The molecule has 0 radical (unpaired) electrons. The molecule has 9 heteroatoms. The summed E-state index contributed by atoms with van der Waals surface area (Å²) in [5, 5.41) is 0. The first-order valence-electron chi connectivity index (χ1n) is 5.85. The van der Waals surface area contributed by atoms with Gasteiger partial charge in [-0.3, -0.25) is 14.4 Å². The van der Waals surface area contributed by atoms with Crippen molar-refractivity contribution in [3.05, 3.63) is 34.2 Å². The van der Waals surface area contributed by atoms with Crippen LogP contribution in [0.4, 0.5) is 13.2 Å². The summed E-state index contributed by atoms with van der Waals surface area (Å²) in [5.41, 5.74) is -0.832. The Kier molecular flexibility index (Phi) is 5.12. The zero-order valence-electron chi connectivity index (χ0n) is 11.4. The highest BCUT2D eigenvalue weighted by Crippen LogP contribution is 2.18. The summed E-state index contributed by atoms with van der Waals surface area (Å²) in [7, 11) is 2.73. The number of likely N-dealkylation sites (N-methyl/N-ethyl adjacent to an activating group) is 1. The van der Waals surface area contributed by atoms with Crippen LogP contribution in [-0.4, -0.2) is 60.0 Å². The van der Waals surface area contributed by atoms with E-state index in [1.807, 2.05) is 0 Å². The van der Waals surface area contributed by atoms with Gasteiger partial charge in [-0.15, -0.1) is 0 Å². The summed E-state index contributed by atoms with van der Waals surface area (Å²) in [6, 6.07) is 2.05. The number of carbonyl (C=O) groups excluding carboxylic acids is 2. The Bertz CT molecular complexity index is 581. The topological polar surface area (TPSA) is 73.5 Å². The molecule has 0 unspecified atom stereocenters. The first-order valence-corrected chi connectivity index (χ1v) is 5.85. The van der Waals surface area contributed by atoms with Crippen molar-refractivity contribution >= 4 is 11.8 Å². The first-order chi connectivity index (χ1) is 9.60. The number of hydrogen-bond acceptors (Lipinski definition) is 3. The van der Waals surface area contributed by atoms with Crippen LogP contribution in [0, 0.1) is 0 Å². The van der Waals surface area contributed by atoms with E-state index in [0.29, 0.717) is 4.90 Å². The van der Waals surface area contributed by atoms with Gasteiger partial charge in [0.15, 0.2) is 0 Å². The van der Waals surface area contributed by atoms with Crippen molar-refractivity contribution in [2.24, 2.45) is 0 Å². The van der Waals surface area contributed by atoms with E-state index in [2.05, 4.69) is 4.98 Å². The van der Waals surface area contributed by atoms with Gasteiger partial charge in [0.1, 0.15) is 13.1 Å². The van der Waals surface area contributed by atoms with Gasteiger partial charge in [0.25, 0.3) is 5.91 Å². The molecule has 116 valence electrons. The molecular weight excluding hydrogens is 291 g/mol. The molecule has 0 fully saturated rings. The van der Waals surface area contributed by atoms with Crippen LogP contribution in [0.1, 0.15) is 10.4 Å². The maximum absolute atomic E-state index is 12.5. The fourth-order valence-corrected chi connectivity index (χ4v) is 1.48. The molecule has 1 aromatic rings. The number of rotatable bonds is 4. The summed E-state index contributed by atoms with van der Waals surface area (Å²) in [5.74, 6) is -1.69. The fraction of sp³-hybridized carbons (Fsp3) is 0.417. The predicted octanol–water partition coefficient (Wildman–Crippen LogP) is 0.468. The summed E-state index contributed by atoms with van der Waals surface area (Å²) >= 11 is 0. The number of nitrogens with one attached hydrogen (secondary N) is 1. The number of pyridine rings is 1. The number of alkyl halides is 3. The molecule has 0 aliphatic rings. The molecular formula is C12H14F3N3O3. The van der Waals surface area contributed by atoms with E-state index in [-0.39, 0.29) is 5.56 Å². The molecule has 6 nitrogen and oxygen atoms in total. The van der Waals surface area contributed by atoms with E-state index in [0.717, 1.165) is 17.2 Å². The van der Waals surface area contributed by atoms with Gasteiger partial charge in [-0.2, -0.15) is 13.2 Å². The van der Waals surface area contributed by atoms with E-state index in [1.54, 1.807) is 0 Å². The van der Waals surface area contributed by atoms with Gasteiger partial charge >= 0.3 is 6.18 Å². The number of hydrogen-bond donors (Lipinski definition) is 1. The summed E-state index contributed by atoms with van der Waals surface area (Å²) < 4.78 is 37.6. The minimum absolute atomic E-state index is 0.213. The number of halogens is 3. The molecule has 0 aliphatic heterocycles. The van der Waals surface area contributed by atoms with Crippen LogP contribution in [0.3, 0.4) is 0 Å². The maximum Gasteiger partial charge on any atom is 0.406 e. The third kappa shape index (κ3) is 5.28. The number of aromatic amines is 1. The molecule has 1 rings (SSSR count). The Hall–Kier alpha value is -2.32. The Labute approximate surface area is 118 Å². The normalized spacial score (nSPS) is 11.1. The van der Waals surface area contributed by atoms with Crippen LogP contribution < -0.4 is 5.56 Å². The number of H-pyrrole nitrogens is 1. The van der Waals surface area contributed by atoms with E-state index < -0.39 is 36.6 Å². The second-order valence-corrected chi connectivity index (χ2v) is 4.51. The predicted molar refractivity (Wildman–Crippen MR) is 67.7 cm³/mol. The van der Waals surface area contributed by atoms with Crippen molar-refractivity contribution in [2.75, 3.05) is 27.2 Å². The van der Waals surface area contributed by atoms with Gasteiger partial charge < -0.3 is 14.8 Å². The van der Waals surface area contributed by atoms with Gasteiger partial charge in [-0.25, -0.2) is 0 Å². The van der Waals surface area contributed by atoms with Gasteiger partial charge in [-0.05, 0) is 6.07 Å². The lowest BCUT2D eigenvalue weighted by Gasteiger charge is -2.24. The van der Waals surface area contributed by atoms with Crippen molar-refractivity contribution < 1.29 is 22.8 Å². The van der Waals surface area contributed by atoms with Crippen LogP contribution in [0.5, 0.6) is 0 Å². The summed E-state index contributed by atoms with van der Waals surface area (Å²) in [4.78, 5) is 38.4. The summed E-state index contributed by atoms with van der Waals surface area (Å²) in [6.07, 6.45) is -3.50. The highest BCUT2D eigenvalue weighted by atomic mass is 19.4. The largest absolute Gasteiger partial charge is 0.406 e. The number of carbonyl (C=O) groups is 2. The Morgan fingerprint density at radius 1 is 1.29 bits per heavy atom. The van der Waals surface area contributed by atoms with Crippen LogP contribution in [0.2, 0.25) is 0 Å². The van der Waals surface area contributed by atoms with E-state index >= 15 is 0 Å². The third-order valence-corrected chi connectivity index (χ3v) is 2.50. The minimum atomic E-state index is -4.65. The van der Waals surface area contributed by atoms with Gasteiger partial charge in [0.2, 0.25) is 11.5 Å². The van der Waals surface area contributed by atoms with Crippen molar-refractivity contribution in [2.45, 2.75) is 6.18 Å². The zero-order chi connectivity index (χ0) is 16.2. The second-order valence-electron chi connectivity index (χ2n) is 4.51. The summed E-state index contributed by atoms with van der Waals surface area (Å²) in [6.45, 7) is -2.30. The van der Waals surface area contributed by atoms with Crippen molar-refractivity contribution in [3.8, 4) is 0 Å². The van der Waals surface area contributed by atoms with Crippen LogP contribution >= 0.6 is 0 Å². The van der Waals surface area contributed by atoms with E-state index in [4.69, 9.17) is 0 Å². The average molecular weight is 305 g/mol. The molecule has 0 bridgehead atoms. The molecule has 0 aliphatic carbocycles.